The van der Waals surface area contributed by atoms with Gasteiger partial charge in [-0.15, -0.1) is 0 Å². The summed E-state index contributed by atoms with van der Waals surface area (Å²) < 4.78 is 10.6. The highest BCUT2D eigenvalue weighted by atomic mass is 16.7. The van der Waals surface area contributed by atoms with Crippen LogP contribution in [-0.2, 0) is 9.47 Å². The van der Waals surface area contributed by atoms with Crippen LogP contribution in [0.25, 0.3) is 6.08 Å². The molecular weight excluding hydrogens is 178 g/mol. The van der Waals surface area contributed by atoms with Crippen molar-refractivity contribution < 1.29 is 9.47 Å². The summed E-state index contributed by atoms with van der Waals surface area (Å²) in [6.45, 7) is 1.43. The molecule has 0 bridgehead atoms. The molecule has 0 amide bonds. The Hall–Kier alpha value is -1.19. The zero-order valence-electron chi connectivity index (χ0n) is 7.93. The van der Waals surface area contributed by atoms with Gasteiger partial charge in [-0.3, -0.25) is 4.98 Å². The van der Waals surface area contributed by atoms with Crippen LogP contribution in [0.5, 0.6) is 0 Å². The van der Waals surface area contributed by atoms with E-state index < -0.39 is 0 Å². The molecule has 0 saturated carbocycles. The van der Waals surface area contributed by atoms with Gasteiger partial charge in [0.05, 0.1) is 13.2 Å². The minimum absolute atomic E-state index is 0.0481. The van der Waals surface area contributed by atoms with Crippen molar-refractivity contribution in [3.63, 3.8) is 0 Å². The van der Waals surface area contributed by atoms with Gasteiger partial charge in [-0.2, -0.15) is 0 Å². The Morgan fingerprint density at radius 2 is 2.00 bits per heavy atom. The number of hydrogen-bond acceptors (Lipinski definition) is 3. The van der Waals surface area contributed by atoms with E-state index >= 15 is 0 Å². The lowest BCUT2D eigenvalue weighted by Crippen LogP contribution is -2.04. The second-order valence-corrected chi connectivity index (χ2v) is 3.09. The summed E-state index contributed by atoms with van der Waals surface area (Å²) >= 11 is 0. The molecule has 74 valence electrons. The highest BCUT2D eigenvalue weighted by Crippen LogP contribution is 2.09. The first-order valence-corrected chi connectivity index (χ1v) is 4.75. The lowest BCUT2D eigenvalue weighted by atomic mass is 10.2. The molecular formula is C11H13NO2. The molecule has 0 atom stereocenters. The van der Waals surface area contributed by atoms with Gasteiger partial charge in [0.2, 0.25) is 0 Å². The van der Waals surface area contributed by atoms with E-state index in [2.05, 4.69) is 11.1 Å². The predicted octanol–water partition coefficient (Wildman–Crippen LogP) is 1.86. The van der Waals surface area contributed by atoms with E-state index in [1.54, 1.807) is 12.4 Å². The van der Waals surface area contributed by atoms with E-state index in [1.165, 1.54) is 0 Å². The molecule has 0 aliphatic carbocycles. The number of rotatable bonds is 3. The number of nitrogens with zero attached hydrogens (tertiary/aromatic N) is 1. The van der Waals surface area contributed by atoms with Crippen LogP contribution in [0.2, 0.25) is 0 Å². The van der Waals surface area contributed by atoms with Gasteiger partial charge < -0.3 is 9.47 Å². The number of ether oxygens (including phenoxy) is 2. The fourth-order valence-corrected chi connectivity index (χ4v) is 1.33. The van der Waals surface area contributed by atoms with Crippen LogP contribution in [0.3, 0.4) is 0 Å². The average molecular weight is 191 g/mol. The van der Waals surface area contributed by atoms with Crippen LogP contribution in [0.4, 0.5) is 0 Å². The monoisotopic (exact) mass is 191 g/mol. The summed E-state index contributed by atoms with van der Waals surface area (Å²) in [5.74, 6) is 0. The SMILES string of the molecule is C(=C\c1ccncc1)/CC1OCCO1. The topological polar surface area (TPSA) is 31.4 Å². The van der Waals surface area contributed by atoms with Crippen LogP contribution in [0.15, 0.2) is 30.6 Å². The Morgan fingerprint density at radius 1 is 1.29 bits per heavy atom. The molecule has 1 aliphatic heterocycles. The third-order valence-electron chi connectivity index (χ3n) is 2.04. The van der Waals surface area contributed by atoms with Gasteiger partial charge in [-0.1, -0.05) is 12.2 Å². The predicted molar refractivity (Wildman–Crippen MR) is 53.6 cm³/mol. The van der Waals surface area contributed by atoms with Crippen molar-refractivity contribution in [1.82, 2.24) is 4.98 Å². The summed E-state index contributed by atoms with van der Waals surface area (Å²) in [5, 5.41) is 0. The average Bonchev–Trinajstić information content (AvgIpc) is 2.72. The Labute approximate surface area is 83.4 Å². The van der Waals surface area contributed by atoms with E-state index in [4.69, 9.17) is 9.47 Å². The second kappa shape index (κ2) is 4.88. The fraction of sp³-hybridized carbons (Fsp3) is 0.364. The highest BCUT2D eigenvalue weighted by molar-refractivity contribution is 5.47. The van der Waals surface area contributed by atoms with Gasteiger partial charge in [0, 0.05) is 18.8 Å². The number of hydrogen-bond donors (Lipinski definition) is 0. The molecule has 1 saturated heterocycles. The Bertz CT molecular complexity index is 291. The van der Waals surface area contributed by atoms with Crippen LogP contribution < -0.4 is 0 Å². The van der Waals surface area contributed by atoms with E-state index in [0.717, 1.165) is 12.0 Å². The van der Waals surface area contributed by atoms with E-state index in [9.17, 15) is 0 Å². The Morgan fingerprint density at radius 3 is 2.71 bits per heavy atom. The number of aromatic nitrogens is 1. The molecule has 1 aromatic rings. The van der Waals surface area contributed by atoms with Crippen LogP contribution in [-0.4, -0.2) is 24.5 Å². The molecule has 0 aromatic carbocycles. The van der Waals surface area contributed by atoms with Gasteiger partial charge >= 0.3 is 0 Å². The van der Waals surface area contributed by atoms with Crippen molar-refractivity contribution in [2.75, 3.05) is 13.2 Å². The van der Waals surface area contributed by atoms with E-state index in [1.807, 2.05) is 18.2 Å². The number of pyridine rings is 1. The summed E-state index contributed by atoms with van der Waals surface area (Å²) in [6.07, 6.45) is 8.43. The van der Waals surface area contributed by atoms with Crippen LogP contribution >= 0.6 is 0 Å². The zero-order chi connectivity index (χ0) is 9.64. The summed E-state index contributed by atoms with van der Waals surface area (Å²) in [6, 6.07) is 3.93. The molecule has 2 heterocycles. The van der Waals surface area contributed by atoms with Gasteiger partial charge in [-0.25, -0.2) is 0 Å². The molecule has 3 heteroatoms. The molecule has 14 heavy (non-hydrogen) atoms. The minimum Gasteiger partial charge on any atom is -0.350 e. The molecule has 0 radical (unpaired) electrons. The standard InChI is InChI=1S/C11H13NO2/c1(3-11-13-8-9-14-11)2-10-4-6-12-7-5-10/h1-2,4-7,11H,3,8-9H2/b2-1+. The van der Waals surface area contributed by atoms with Gasteiger partial charge in [0.1, 0.15) is 0 Å². The maximum atomic E-state index is 5.31. The van der Waals surface area contributed by atoms with Crippen molar-refractivity contribution in [1.29, 1.82) is 0 Å². The second-order valence-electron chi connectivity index (χ2n) is 3.09. The van der Waals surface area contributed by atoms with Crippen molar-refractivity contribution in [3.8, 4) is 0 Å². The Kier molecular flexibility index (Phi) is 3.27. The van der Waals surface area contributed by atoms with E-state index in [-0.39, 0.29) is 6.29 Å². The first kappa shape index (κ1) is 9.37. The molecule has 0 unspecified atom stereocenters. The zero-order valence-corrected chi connectivity index (χ0v) is 7.93. The molecule has 3 nitrogen and oxygen atoms in total. The minimum atomic E-state index is -0.0481. The summed E-state index contributed by atoms with van der Waals surface area (Å²) in [7, 11) is 0. The lowest BCUT2D eigenvalue weighted by Gasteiger charge is -2.03. The smallest absolute Gasteiger partial charge is 0.161 e. The molecule has 0 N–H and O–H groups in total. The summed E-state index contributed by atoms with van der Waals surface area (Å²) in [4.78, 5) is 3.95. The molecule has 2 rings (SSSR count). The van der Waals surface area contributed by atoms with Crippen LogP contribution in [0.1, 0.15) is 12.0 Å². The maximum Gasteiger partial charge on any atom is 0.161 e. The first-order chi connectivity index (χ1) is 6.95. The van der Waals surface area contributed by atoms with E-state index in [0.29, 0.717) is 13.2 Å². The third-order valence-corrected chi connectivity index (χ3v) is 2.04. The quantitative estimate of drug-likeness (QED) is 0.730. The van der Waals surface area contributed by atoms with Crippen molar-refractivity contribution >= 4 is 6.08 Å². The lowest BCUT2D eigenvalue weighted by molar-refractivity contribution is -0.0379. The Balaban J connectivity index is 1.82. The highest BCUT2D eigenvalue weighted by Gasteiger charge is 2.13. The normalized spacial score (nSPS) is 18.0. The third kappa shape index (κ3) is 2.65. The molecule has 1 aliphatic rings. The molecule has 0 spiro atoms. The fourth-order valence-electron chi connectivity index (χ4n) is 1.33. The van der Waals surface area contributed by atoms with Gasteiger partial charge in [0.25, 0.3) is 0 Å². The van der Waals surface area contributed by atoms with Gasteiger partial charge in [-0.05, 0) is 17.7 Å². The van der Waals surface area contributed by atoms with Crippen LogP contribution in [0, 0.1) is 0 Å². The molecule has 1 aromatic heterocycles. The largest absolute Gasteiger partial charge is 0.350 e. The van der Waals surface area contributed by atoms with Crippen molar-refractivity contribution in [2.45, 2.75) is 12.7 Å². The van der Waals surface area contributed by atoms with Crippen molar-refractivity contribution in [2.24, 2.45) is 0 Å². The van der Waals surface area contributed by atoms with Crippen molar-refractivity contribution in [3.05, 3.63) is 36.2 Å². The summed E-state index contributed by atoms with van der Waals surface area (Å²) in [5.41, 5.74) is 1.15. The maximum absolute atomic E-state index is 5.31. The van der Waals surface area contributed by atoms with Gasteiger partial charge in [0.15, 0.2) is 6.29 Å². The first-order valence-electron chi connectivity index (χ1n) is 4.75. The molecule has 1 fully saturated rings.